The lowest BCUT2D eigenvalue weighted by molar-refractivity contribution is 0.0695. The Labute approximate surface area is 159 Å². The molecule has 0 spiro atoms. The van der Waals surface area contributed by atoms with Crippen LogP contribution >= 0.6 is 0 Å². The quantitative estimate of drug-likeness (QED) is 0.713. The number of carboxylic acid groups (broad SMARTS) is 1. The zero-order valence-electron chi connectivity index (χ0n) is 15.4. The molecule has 0 amide bonds. The van der Waals surface area contributed by atoms with Crippen molar-refractivity contribution in [3.8, 4) is 0 Å². The first kappa shape index (κ1) is 18.5. The molecule has 2 fully saturated rings. The van der Waals surface area contributed by atoms with E-state index < -0.39 is 34.4 Å². The fourth-order valence-electron chi connectivity index (χ4n) is 3.61. The maximum absolute atomic E-state index is 14.9. The summed E-state index contributed by atoms with van der Waals surface area (Å²) in [5.41, 5.74) is 4.04. The number of pyridine rings is 2. The third kappa shape index (κ3) is 2.60. The number of nitrogens with zero attached hydrogens (tertiary/aromatic N) is 3. The highest BCUT2D eigenvalue weighted by Gasteiger charge is 2.47. The number of amidine groups is 1. The lowest BCUT2D eigenvalue weighted by Crippen LogP contribution is -2.51. The molecule has 0 bridgehead atoms. The molecule has 1 aliphatic carbocycles. The van der Waals surface area contributed by atoms with Gasteiger partial charge in [0.2, 0.25) is 5.43 Å². The summed E-state index contributed by atoms with van der Waals surface area (Å²) in [6.45, 7) is 1.76. The second kappa shape index (κ2) is 6.08. The van der Waals surface area contributed by atoms with Crippen LogP contribution in [0.5, 0.6) is 0 Å². The van der Waals surface area contributed by atoms with Crippen LogP contribution in [0.15, 0.2) is 17.1 Å². The molecule has 3 heterocycles. The number of rotatable bonds is 4. The first-order chi connectivity index (χ1) is 13.2. The molecule has 0 aromatic carbocycles. The van der Waals surface area contributed by atoms with Gasteiger partial charge in [-0.2, -0.15) is 0 Å². The number of ether oxygens (including phenoxy) is 1. The topological polar surface area (TPSA) is 135 Å². The summed E-state index contributed by atoms with van der Waals surface area (Å²) in [7, 11) is 1.47. The number of methoxy groups -OCH3 is 1. The summed E-state index contributed by atoms with van der Waals surface area (Å²) in [5, 5.41) is 17.5. The lowest BCUT2D eigenvalue weighted by atomic mass is 9.99. The van der Waals surface area contributed by atoms with Gasteiger partial charge in [0.1, 0.15) is 17.0 Å². The Bertz CT molecular complexity index is 1080. The van der Waals surface area contributed by atoms with E-state index in [1.165, 1.54) is 18.2 Å². The van der Waals surface area contributed by atoms with Crippen molar-refractivity contribution >= 4 is 28.7 Å². The van der Waals surface area contributed by atoms with Crippen molar-refractivity contribution in [2.75, 3.05) is 18.6 Å². The molecule has 4 rings (SSSR count). The summed E-state index contributed by atoms with van der Waals surface area (Å²) in [6, 6.07) is 1.00. The Balaban J connectivity index is 1.93. The van der Waals surface area contributed by atoms with E-state index in [9.17, 15) is 19.1 Å². The van der Waals surface area contributed by atoms with E-state index in [4.69, 9.17) is 15.9 Å². The Kier molecular flexibility index (Phi) is 4.02. The Morgan fingerprint density at radius 2 is 2.18 bits per heavy atom. The molecule has 2 unspecified atom stereocenters. The molecule has 9 nitrogen and oxygen atoms in total. The van der Waals surface area contributed by atoms with E-state index in [2.05, 4.69) is 4.98 Å². The van der Waals surface area contributed by atoms with Crippen molar-refractivity contribution in [2.45, 2.75) is 37.5 Å². The number of carbonyl (C=O) groups is 1. The van der Waals surface area contributed by atoms with E-state index >= 15 is 0 Å². The van der Waals surface area contributed by atoms with E-state index in [-0.39, 0.29) is 35.3 Å². The molecule has 1 aliphatic heterocycles. The Morgan fingerprint density at radius 3 is 2.71 bits per heavy atom. The van der Waals surface area contributed by atoms with Crippen molar-refractivity contribution in [3.05, 3.63) is 33.9 Å². The number of aromatic nitrogens is 2. The van der Waals surface area contributed by atoms with Crippen LogP contribution in [0.25, 0.3) is 11.0 Å². The molecule has 2 aliphatic rings. The number of carboxylic acids is 1. The molecular weight excluding hydrogens is 369 g/mol. The molecule has 4 N–H and O–H groups in total. The van der Waals surface area contributed by atoms with Crippen molar-refractivity contribution in [1.82, 2.24) is 9.55 Å². The number of anilines is 1. The molecule has 2 aromatic rings. The molecule has 2 atom stereocenters. The molecule has 2 aromatic heterocycles. The number of halogens is 1. The van der Waals surface area contributed by atoms with E-state index in [1.54, 1.807) is 11.5 Å². The van der Waals surface area contributed by atoms with Crippen molar-refractivity contribution < 1.29 is 19.0 Å². The van der Waals surface area contributed by atoms with Crippen LogP contribution in [0.2, 0.25) is 0 Å². The summed E-state index contributed by atoms with van der Waals surface area (Å²) in [6.07, 6.45) is 2.37. The number of hydrogen-bond donors (Lipinski definition) is 3. The first-order valence-electron chi connectivity index (χ1n) is 8.83. The molecule has 0 radical (unpaired) electrons. The molecule has 1 saturated heterocycles. The van der Waals surface area contributed by atoms with Crippen LogP contribution in [0.3, 0.4) is 0 Å². The van der Waals surface area contributed by atoms with Crippen molar-refractivity contribution in [3.63, 3.8) is 0 Å². The average molecular weight is 389 g/mol. The monoisotopic (exact) mass is 389 g/mol. The number of nitrogens with one attached hydrogen (secondary N) is 1. The van der Waals surface area contributed by atoms with Crippen molar-refractivity contribution in [1.29, 1.82) is 5.41 Å². The summed E-state index contributed by atoms with van der Waals surface area (Å²) in [5.74, 6) is -2.38. The minimum absolute atomic E-state index is 0.0107. The highest BCUT2D eigenvalue weighted by molar-refractivity contribution is 6.05. The van der Waals surface area contributed by atoms with Gasteiger partial charge >= 0.3 is 5.97 Å². The van der Waals surface area contributed by atoms with Gasteiger partial charge in [0, 0.05) is 19.3 Å². The Morgan fingerprint density at radius 1 is 1.50 bits per heavy atom. The maximum Gasteiger partial charge on any atom is 0.341 e. The van der Waals surface area contributed by atoms with Crippen LogP contribution in [-0.4, -0.2) is 51.8 Å². The van der Waals surface area contributed by atoms with E-state index in [1.807, 2.05) is 0 Å². The number of hydrogen-bond acceptors (Lipinski definition) is 6. The van der Waals surface area contributed by atoms with Gasteiger partial charge in [-0.3, -0.25) is 10.2 Å². The smallest absolute Gasteiger partial charge is 0.341 e. The van der Waals surface area contributed by atoms with Crippen molar-refractivity contribution in [2.24, 2.45) is 5.73 Å². The minimum atomic E-state index is -1.37. The Hall–Kier alpha value is -2.85. The number of fused-ring (bicyclic) bond motifs is 1. The van der Waals surface area contributed by atoms with Gasteiger partial charge in [-0.1, -0.05) is 0 Å². The van der Waals surface area contributed by atoms with Crippen LogP contribution in [0.1, 0.15) is 36.2 Å². The van der Waals surface area contributed by atoms with Gasteiger partial charge in [-0.15, -0.1) is 0 Å². The van der Waals surface area contributed by atoms with E-state index in [0.29, 0.717) is 0 Å². The predicted octanol–water partition coefficient (Wildman–Crippen LogP) is 1.10. The summed E-state index contributed by atoms with van der Waals surface area (Å²) >= 11 is 0. The zero-order valence-corrected chi connectivity index (χ0v) is 15.4. The molecule has 28 heavy (non-hydrogen) atoms. The minimum Gasteiger partial charge on any atom is -0.477 e. The largest absolute Gasteiger partial charge is 0.477 e. The lowest BCUT2D eigenvalue weighted by Gasteiger charge is -2.24. The van der Waals surface area contributed by atoms with Crippen LogP contribution in [0, 0.1) is 11.2 Å². The molecule has 10 heteroatoms. The second-order valence-corrected chi connectivity index (χ2v) is 7.45. The summed E-state index contributed by atoms with van der Waals surface area (Å²) < 4.78 is 21.9. The molecular formula is C18H20FN5O4. The van der Waals surface area contributed by atoms with Gasteiger partial charge in [0.05, 0.1) is 23.6 Å². The van der Waals surface area contributed by atoms with Gasteiger partial charge in [-0.25, -0.2) is 14.2 Å². The second-order valence-electron chi connectivity index (χ2n) is 7.45. The van der Waals surface area contributed by atoms with Crippen LogP contribution < -0.4 is 16.1 Å². The third-order valence-corrected chi connectivity index (χ3v) is 5.45. The van der Waals surface area contributed by atoms with E-state index in [0.717, 1.165) is 18.9 Å². The highest BCUT2D eigenvalue weighted by Crippen LogP contribution is 2.37. The fraction of sp³-hybridized carbons (Fsp3) is 0.444. The number of aromatic carboxylic acids is 1. The SMILES string of the molecule is COC1CN(c2nc3c(cc2F)c(=O)c(C(=O)O)cn3C2CC2)C(=N)C1(C)N. The maximum atomic E-state index is 14.9. The van der Waals surface area contributed by atoms with Crippen LogP contribution in [-0.2, 0) is 4.74 Å². The normalized spacial score (nSPS) is 24.9. The van der Waals surface area contributed by atoms with Gasteiger partial charge in [0.15, 0.2) is 11.6 Å². The average Bonchev–Trinajstić information content (AvgIpc) is 3.44. The van der Waals surface area contributed by atoms with Gasteiger partial charge < -0.3 is 25.0 Å². The van der Waals surface area contributed by atoms with Gasteiger partial charge in [0.25, 0.3) is 0 Å². The number of nitrogens with two attached hydrogens (primary N) is 1. The third-order valence-electron chi connectivity index (χ3n) is 5.45. The zero-order chi connectivity index (χ0) is 20.4. The van der Waals surface area contributed by atoms with Gasteiger partial charge in [-0.05, 0) is 25.8 Å². The fourth-order valence-corrected chi connectivity index (χ4v) is 3.61. The molecule has 1 saturated carbocycles. The standard InChI is InChI=1S/C18H20FN5O4/c1-18(21)12(28-2)7-24(17(18)20)15-11(19)5-9-13(25)10(16(26)27)6-23(8-3-4-8)14(9)22-15/h5-6,8,12,20H,3-4,7,21H2,1-2H3,(H,26,27). The van der Waals surface area contributed by atoms with Crippen LogP contribution in [0.4, 0.5) is 10.2 Å². The highest BCUT2D eigenvalue weighted by atomic mass is 19.1. The molecule has 148 valence electrons. The first-order valence-corrected chi connectivity index (χ1v) is 8.83. The predicted molar refractivity (Wildman–Crippen MR) is 99.7 cm³/mol. The summed E-state index contributed by atoms with van der Waals surface area (Å²) in [4.78, 5) is 29.6.